The average molecular weight is 206 g/mol. The summed E-state index contributed by atoms with van der Waals surface area (Å²) in [5, 5.41) is 8.29. The van der Waals surface area contributed by atoms with E-state index in [1.807, 2.05) is 0 Å². The van der Waals surface area contributed by atoms with Crippen molar-refractivity contribution in [1.29, 1.82) is 0 Å². The largest absolute Gasteiger partial charge is 0.481 e. The quantitative estimate of drug-likeness (QED) is 0.528. The van der Waals surface area contributed by atoms with Gasteiger partial charge in [-0.25, -0.2) is 0 Å². The van der Waals surface area contributed by atoms with E-state index in [1.165, 1.54) is 0 Å². The van der Waals surface area contributed by atoms with Gasteiger partial charge in [0.05, 0.1) is 26.2 Å². The highest BCUT2D eigenvalue weighted by atomic mass is 16.5. The number of rotatable bonds is 10. The van der Waals surface area contributed by atoms with E-state index in [0.717, 1.165) is 6.42 Å². The smallest absolute Gasteiger partial charge is 0.305 e. The lowest BCUT2D eigenvalue weighted by molar-refractivity contribution is -0.138. The molecule has 1 N–H and O–H groups in total. The summed E-state index contributed by atoms with van der Waals surface area (Å²) in [4.78, 5) is 10.1. The average Bonchev–Trinajstić information content (AvgIpc) is 2.15. The van der Waals surface area contributed by atoms with Crippen LogP contribution in [0.2, 0.25) is 0 Å². The van der Waals surface area contributed by atoms with Crippen molar-refractivity contribution >= 4 is 5.97 Å². The molecule has 0 fully saturated rings. The molecule has 0 aliphatic rings. The molecule has 0 aromatic rings. The molecule has 5 heteroatoms. The lowest BCUT2D eigenvalue weighted by Gasteiger charge is -2.04. The Hall–Kier alpha value is -0.650. The van der Waals surface area contributed by atoms with Gasteiger partial charge in [-0.1, -0.05) is 0 Å². The molecule has 0 aromatic carbocycles. The topological polar surface area (TPSA) is 65.0 Å². The van der Waals surface area contributed by atoms with E-state index in [2.05, 4.69) is 0 Å². The molecule has 0 heterocycles. The maximum Gasteiger partial charge on any atom is 0.305 e. The van der Waals surface area contributed by atoms with Crippen molar-refractivity contribution in [3.05, 3.63) is 0 Å². The predicted octanol–water partition coefficient (Wildman–Crippen LogP) is 0.531. The summed E-state index contributed by atoms with van der Waals surface area (Å²) >= 11 is 0. The molecule has 0 unspecified atom stereocenters. The Morgan fingerprint density at radius 1 is 1.07 bits per heavy atom. The van der Waals surface area contributed by atoms with Crippen LogP contribution in [-0.2, 0) is 19.0 Å². The maximum atomic E-state index is 10.1. The number of ether oxygens (including phenoxy) is 3. The van der Waals surface area contributed by atoms with Crippen LogP contribution < -0.4 is 0 Å². The van der Waals surface area contributed by atoms with Gasteiger partial charge in [-0.15, -0.1) is 0 Å². The summed E-state index contributed by atoms with van der Waals surface area (Å²) in [5.74, 6) is -0.842. The number of carboxylic acids is 1. The summed E-state index contributed by atoms with van der Waals surface area (Å²) in [5.41, 5.74) is 0. The number of hydrogen-bond acceptors (Lipinski definition) is 4. The van der Waals surface area contributed by atoms with E-state index in [1.54, 1.807) is 7.11 Å². The van der Waals surface area contributed by atoms with Crippen LogP contribution in [0.3, 0.4) is 0 Å². The molecule has 0 saturated heterocycles. The van der Waals surface area contributed by atoms with Crippen molar-refractivity contribution < 1.29 is 24.1 Å². The van der Waals surface area contributed by atoms with Crippen LogP contribution in [0.15, 0.2) is 0 Å². The highest BCUT2D eigenvalue weighted by Crippen LogP contribution is 1.86. The van der Waals surface area contributed by atoms with E-state index in [9.17, 15) is 4.79 Å². The molecular weight excluding hydrogens is 188 g/mol. The Morgan fingerprint density at radius 3 is 2.29 bits per heavy atom. The van der Waals surface area contributed by atoms with E-state index in [0.29, 0.717) is 26.4 Å². The maximum absolute atomic E-state index is 10.1. The summed E-state index contributed by atoms with van der Waals surface area (Å²) in [6.07, 6.45) is 0.912. The van der Waals surface area contributed by atoms with Crippen molar-refractivity contribution in [2.75, 3.05) is 40.1 Å². The van der Waals surface area contributed by atoms with Crippen LogP contribution in [0.4, 0.5) is 0 Å². The molecule has 0 aliphatic carbocycles. The summed E-state index contributed by atoms with van der Waals surface area (Å²) < 4.78 is 15.0. The minimum Gasteiger partial charge on any atom is -0.481 e. The summed E-state index contributed by atoms with van der Waals surface area (Å²) in [6, 6.07) is 0. The van der Waals surface area contributed by atoms with E-state index in [-0.39, 0.29) is 13.0 Å². The predicted molar refractivity (Wildman–Crippen MR) is 50.4 cm³/mol. The second kappa shape index (κ2) is 10.4. The van der Waals surface area contributed by atoms with E-state index >= 15 is 0 Å². The summed E-state index contributed by atoms with van der Waals surface area (Å²) in [6.45, 7) is 2.54. The number of carboxylic acid groups (broad SMARTS) is 1. The highest BCUT2D eigenvalue weighted by Gasteiger charge is 1.95. The van der Waals surface area contributed by atoms with Crippen LogP contribution in [-0.4, -0.2) is 51.2 Å². The van der Waals surface area contributed by atoms with Gasteiger partial charge >= 0.3 is 5.97 Å². The molecule has 0 amide bonds. The Kier molecular flexibility index (Phi) is 9.95. The fourth-order valence-corrected chi connectivity index (χ4v) is 0.787. The Morgan fingerprint density at radius 2 is 1.71 bits per heavy atom. The fourth-order valence-electron chi connectivity index (χ4n) is 0.787. The van der Waals surface area contributed by atoms with Crippen molar-refractivity contribution in [2.24, 2.45) is 0 Å². The second-order valence-electron chi connectivity index (χ2n) is 2.71. The van der Waals surface area contributed by atoms with E-state index < -0.39 is 5.97 Å². The van der Waals surface area contributed by atoms with Crippen LogP contribution in [0.1, 0.15) is 12.8 Å². The lowest BCUT2D eigenvalue weighted by atomic mass is 10.5. The molecule has 0 bridgehead atoms. The number of aliphatic carboxylic acids is 1. The van der Waals surface area contributed by atoms with Crippen LogP contribution in [0, 0.1) is 0 Å². The minimum atomic E-state index is -0.842. The standard InChI is InChI=1S/C9H18O5/c1-12-4-2-5-13-7-8-14-6-3-9(10)11/h2-8H2,1H3,(H,10,11). The Balaban J connectivity index is 2.88. The molecule has 0 saturated carbocycles. The molecule has 0 atom stereocenters. The van der Waals surface area contributed by atoms with Crippen molar-refractivity contribution in [3.8, 4) is 0 Å². The Labute approximate surface area is 84.0 Å². The zero-order valence-electron chi connectivity index (χ0n) is 8.53. The number of methoxy groups -OCH3 is 1. The van der Waals surface area contributed by atoms with Gasteiger partial charge in [0.1, 0.15) is 0 Å². The SMILES string of the molecule is COCCCOCCOCCC(=O)O. The minimum absolute atomic E-state index is 0.0453. The van der Waals surface area contributed by atoms with Gasteiger partial charge < -0.3 is 19.3 Å². The first-order valence-electron chi connectivity index (χ1n) is 4.63. The molecule has 0 aromatic heterocycles. The van der Waals surface area contributed by atoms with Crippen molar-refractivity contribution in [3.63, 3.8) is 0 Å². The first kappa shape index (κ1) is 13.4. The molecular formula is C9H18O5. The molecule has 0 rings (SSSR count). The van der Waals surface area contributed by atoms with Gasteiger partial charge in [-0.3, -0.25) is 4.79 Å². The lowest BCUT2D eigenvalue weighted by Crippen LogP contribution is -2.09. The first-order chi connectivity index (χ1) is 6.77. The van der Waals surface area contributed by atoms with Crippen LogP contribution in [0.5, 0.6) is 0 Å². The molecule has 0 spiro atoms. The van der Waals surface area contributed by atoms with Crippen molar-refractivity contribution in [1.82, 2.24) is 0 Å². The van der Waals surface area contributed by atoms with Crippen LogP contribution in [0.25, 0.3) is 0 Å². The van der Waals surface area contributed by atoms with Gasteiger partial charge in [0.2, 0.25) is 0 Å². The second-order valence-corrected chi connectivity index (χ2v) is 2.71. The zero-order valence-corrected chi connectivity index (χ0v) is 8.53. The monoisotopic (exact) mass is 206 g/mol. The van der Waals surface area contributed by atoms with Gasteiger partial charge in [0, 0.05) is 20.3 Å². The molecule has 0 radical (unpaired) electrons. The third-order valence-corrected chi connectivity index (χ3v) is 1.47. The highest BCUT2D eigenvalue weighted by molar-refractivity contribution is 5.66. The third-order valence-electron chi connectivity index (χ3n) is 1.47. The molecule has 84 valence electrons. The molecule has 14 heavy (non-hydrogen) atoms. The number of hydrogen-bond donors (Lipinski definition) is 1. The van der Waals surface area contributed by atoms with E-state index in [4.69, 9.17) is 19.3 Å². The Bertz CT molecular complexity index is 137. The first-order valence-corrected chi connectivity index (χ1v) is 4.63. The van der Waals surface area contributed by atoms with Gasteiger partial charge in [-0.2, -0.15) is 0 Å². The van der Waals surface area contributed by atoms with Crippen LogP contribution >= 0.6 is 0 Å². The third kappa shape index (κ3) is 11.4. The van der Waals surface area contributed by atoms with Gasteiger partial charge in [0.25, 0.3) is 0 Å². The van der Waals surface area contributed by atoms with Crippen molar-refractivity contribution in [2.45, 2.75) is 12.8 Å². The molecule has 0 aliphatic heterocycles. The normalized spacial score (nSPS) is 10.4. The number of carbonyl (C=O) groups is 1. The summed E-state index contributed by atoms with van der Waals surface area (Å²) in [7, 11) is 1.65. The fraction of sp³-hybridized carbons (Fsp3) is 0.889. The molecule has 5 nitrogen and oxygen atoms in total. The van der Waals surface area contributed by atoms with Gasteiger partial charge in [0.15, 0.2) is 0 Å². The van der Waals surface area contributed by atoms with Gasteiger partial charge in [-0.05, 0) is 6.42 Å². The zero-order chi connectivity index (χ0) is 10.6.